The topological polar surface area (TPSA) is 155 Å². The predicted octanol–water partition coefficient (Wildman–Crippen LogP) is 10.7. The summed E-state index contributed by atoms with van der Waals surface area (Å²) in [4.78, 5) is 38.3. The second kappa shape index (κ2) is 30.9. The summed E-state index contributed by atoms with van der Waals surface area (Å²) in [5, 5.41) is 0. The van der Waals surface area contributed by atoms with Crippen molar-refractivity contribution < 1.29 is 61.0 Å². The van der Waals surface area contributed by atoms with Crippen LogP contribution in [0.4, 0.5) is 0 Å². The highest BCUT2D eigenvalue weighted by molar-refractivity contribution is 7.45. The van der Waals surface area contributed by atoms with Crippen molar-refractivity contribution in [2.75, 3.05) is 67.8 Å². The van der Waals surface area contributed by atoms with Crippen molar-refractivity contribution in [3.63, 3.8) is 0 Å². The van der Waals surface area contributed by atoms with E-state index >= 15 is 0 Å². The van der Waals surface area contributed by atoms with Crippen LogP contribution in [0.15, 0.2) is 11.6 Å². The van der Waals surface area contributed by atoms with Crippen LogP contribution in [0, 0.1) is 5.92 Å². The maximum absolute atomic E-state index is 13.0. The van der Waals surface area contributed by atoms with Gasteiger partial charge in [0, 0.05) is 26.6 Å². The molecule has 13 nitrogen and oxygen atoms in total. The third-order valence-electron chi connectivity index (χ3n) is 13.5. The molecule has 0 radical (unpaired) electrons. The van der Waals surface area contributed by atoms with E-state index in [9.17, 15) is 19.0 Å². The minimum absolute atomic E-state index is 0.000569. The van der Waals surface area contributed by atoms with Crippen LogP contribution in [-0.4, -0.2) is 120 Å². The van der Waals surface area contributed by atoms with Crippen molar-refractivity contribution in [3.05, 3.63) is 11.6 Å². The molecule has 2 heterocycles. The summed E-state index contributed by atoms with van der Waals surface area (Å²) in [5.41, 5.74) is 0.640. The highest BCUT2D eigenvalue weighted by atomic mass is 31.2. The Morgan fingerprint density at radius 3 is 1.85 bits per heavy atom. The second-order valence-electron chi connectivity index (χ2n) is 20.8. The van der Waals surface area contributed by atoms with Gasteiger partial charge >= 0.3 is 11.9 Å². The first-order valence-electron chi connectivity index (χ1n) is 25.9. The predicted molar refractivity (Wildman–Crippen MR) is 254 cm³/mol. The van der Waals surface area contributed by atoms with Gasteiger partial charge < -0.3 is 46.8 Å². The van der Waals surface area contributed by atoms with E-state index in [0.29, 0.717) is 43.5 Å². The van der Waals surface area contributed by atoms with Gasteiger partial charge in [-0.25, -0.2) is 0 Å². The summed E-state index contributed by atoms with van der Waals surface area (Å²) in [5.74, 6) is -0.609. The lowest BCUT2D eigenvalue weighted by Crippen LogP contribution is -2.55. The summed E-state index contributed by atoms with van der Waals surface area (Å²) in [6, 6.07) is 0. The van der Waals surface area contributed by atoms with Gasteiger partial charge in [0.15, 0.2) is 0 Å². The molecule has 3 fully saturated rings. The van der Waals surface area contributed by atoms with Crippen LogP contribution in [0.3, 0.4) is 0 Å². The normalized spacial score (nSPS) is 25.2. The lowest BCUT2D eigenvalue weighted by atomic mass is 9.68. The number of nitrogens with zero attached hydrogens (tertiary/aromatic N) is 1. The number of hydrogen-bond donors (Lipinski definition) is 0. The van der Waals surface area contributed by atoms with Crippen LogP contribution in [-0.2, 0) is 51.6 Å². The molecule has 2 aliphatic heterocycles. The number of hydrogen-bond acceptors (Lipinski definition) is 12. The number of allylic oxidation sites excluding steroid dienone is 1. The average Bonchev–Trinajstić information content (AvgIpc) is 4.17. The molecule has 3 rings (SSSR count). The lowest BCUT2D eigenvalue weighted by Gasteiger charge is -2.42. The van der Waals surface area contributed by atoms with Gasteiger partial charge in [-0.3, -0.25) is 14.2 Å². The van der Waals surface area contributed by atoms with Gasteiger partial charge in [0.25, 0.3) is 7.82 Å². The van der Waals surface area contributed by atoms with Gasteiger partial charge in [-0.2, -0.15) is 0 Å². The number of unbranched alkanes of at least 4 members (excludes halogenated alkanes) is 19. The van der Waals surface area contributed by atoms with Gasteiger partial charge in [0.1, 0.15) is 42.7 Å². The fourth-order valence-corrected chi connectivity index (χ4v) is 10.1. The summed E-state index contributed by atoms with van der Waals surface area (Å²) < 4.78 is 59.2. The lowest BCUT2D eigenvalue weighted by molar-refractivity contribution is -0.870. The van der Waals surface area contributed by atoms with Crippen molar-refractivity contribution in [1.29, 1.82) is 0 Å². The molecule has 2 saturated heterocycles. The largest absolute Gasteiger partial charge is 0.756 e. The molecular formula is C51H94NO12P. The fraction of sp³-hybridized carbons (Fsp3) is 0.922. The number of rotatable bonds is 40. The van der Waals surface area contributed by atoms with Gasteiger partial charge in [0.2, 0.25) is 0 Å². The number of carbonyl (C=O) groups is 2. The minimum Gasteiger partial charge on any atom is -0.756 e. The number of likely N-dealkylation sites (N-methyl/N-ethyl adjacent to an activating group) is 1. The Labute approximate surface area is 395 Å². The Kier molecular flexibility index (Phi) is 27.6. The van der Waals surface area contributed by atoms with Crippen LogP contribution >= 0.6 is 7.82 Å². The molecule has 3 aliphatic rings. The van der Waals surface area contributed by atoms with E-state index in [1.165, 1.54) is 89.0 Å². The van der Waals surface area contributed by atoms with E-state index in [2.05, 4.69) is 33.8 Å². The average molecular weight is 944 g/mol. The van der Waals surface area contributed by atoms with Crippen molar-refractivity contribution >= 4 is 19.8 Å². The molecule has 0 amide bonds. The number of methoxy groups -OCH3 is 1. The molecule has 1 aliphatic carbocycles. The van der Waals surface area contributed by atoms with Crippen LogP contribution in [0.25, 0.3) is 0 Å². The minimum atomic E-state index is -4.58. The van der Waals surface area contributed by atoms with Gasteiger partial charge in [-0.15, -0.1) is 0 Å². The molecule has 380 valence electrons. The third-order valence-corrected chi connectivity index (χ3v) is 14.4. The zero-order chi connectivity index (χ0) is 47.6. The zero-order valence-corrected chi connectivity index (χ0v) is 43.3. The zero-order valence-electron chi connectivity index (χ0n) is 42.4. The Bertz CT molecular complexity index is 1400. The van der Waals surface area contributed by atoms with E-state index in [0.717, 1.165) is 57.8 Å². The van der Waals surface area contributed by atoms with E-state index in [4.69, 9.17) is 37.5 Å². The van der Waals surface area contributed by atoms with Crippen LogP contribution < -0.4 is 4.89 Å². The van der Waals surface area contributed by atoms with Crippen molar-refractivity contribution in [3.8, 4) is 0 Å². The first-order chi connectivity index (χ1) is 31.0. The summed E-state index contributed by atoms with van der Waals surface area (Å²) in [7, 11) is 2.95. The Morgan fingerprint density at radius 1 is 0.785 bits per heavy atom. The quantitative estimate of drug-likeness (QED) is 0.0143. The van der Waals surface area contributed by atoms with Crippen molar-refractivity contribution in [2.45, 2.75) is 230 Å². The molecule has 0 aromatic carbocycles. The van der Waals surface area contributed by atoms with Crippen LogP contribution in [0.1, 0.15) is 195 Å². The summed E-state index contributed by atoms with van der Waals surface area (Å²) in [6.07, 6.45) is 28.0. The van der Waals surface area contributed by atoms with Gasteiger partial charge in [-0.05, 0) is 59.3 Å². The first-order valence-corrected chi connectivity index (χ1v) is 27.4. The smallest absolute Gasteiger partial charge is 0.306 e. The maximum Gasteiger partial charge on any atom is 0.306 e. The van der Waals surface area contributed by atoms with E-state index in [-0.39, 0.29) is 67.6 Å². The molecule has 1 saturated carbocycles. The number of phosphoric acid groups is 1. The highest BCUT2D eigenvalue weighted by Crippen LogP contribution is 2.59. The standard InChI is InChI=1S/C51H94NO12P/c1-9-10-11-12-13-14-15-16-17-18-19-20-23-26-29-37-58-39-43(40-61-65(55,56)60-38-36-52(5,6)7)62-46(53)30-27-24-21-22-25-28-31-47(54)63-44-34-35-51(41-59-51)49(48(44)57-8)50(4)45(64-50)33-32-42(2)3/h32,43-45,48-49H,9-31,33-41H2,1-8H3/t43-,44+,45?,48+,49+,50-,51-/m0/s1. The third kappa shape index (κ3) is 24.1. The van der Waals surface area contributed by atoms with Gasteiger partial charge in [-0.1, -0.05) is 134 Å². The molecule has 14 heteroatoms. The molecule has 0 bridgehead atoms. The number of carbonyl (C=O) groups excluding carboxylic acids is 2. The molecule has 8 atom stereocenters. The number of phosphoric ester groups is 1. The fourth-order valence-electron chi connectivity index (χ4n) is 9.33. The number of quaternary nitrogens is 1. The molecule has 65 heavy (non-hydrogen) atoms. The molecule has 0 aromatic rings. The van der Waals surface area contributed by atoms with E-state index in [1.807, 2.05) is 21.1 Å². The highest BCUT2D eigenvalue weighted by Gasteiger charge is 2.72. The van der Waals surface area contributed by atoms with E-state index < -0.39 is 19.9 Å². The molecular weight excluding hydrogens is 850 g/mol. The summed E-state index contributed by atoms with van der Waals surface area (Å²) in [6.45, 7) is 9.99. The number of epoxide rings is 2. The number of esters is 2. The Hall–Kier alpha value is -1.41. The molecule has 2 unspecified atom stereocenters. The Morgan fingerprint density at radius 2 is 1.32 bits per heavy atom. The number of ether oxygens (including phenoxy) is 6. The van der Waals surface area contributed by atoms with Gasteiger partial charge in [0.05, 0.1) is 53.0 Å². The summed E-state index contributed by atoms with van der Waals surface area (Å²) >= 11 is 0. The SMILES string of the molecule is CCCCCCCCCCCCCCCCCOC[C@@H](COP(=O)([O-])OCC[N+](C)(C)C)OC(=O)CCCCCCCCC(=O)O[C@@H]1CC[C@]2(CO2)[C@@H]([C@@]2(C)OC2CC=C(C)C)[C@@H]1OC. The van der Waals surface area contributed by atoms with Crippen LogP contribution in [0.5, 0.6) is 0 Å². The first kappa shape index (κ1) is 57.9. The van der Waals surface area contributed by atoms with Crippen molar-refractivity contribution in [1.82, 2.24) is 0 Å². The van der Waals surface area contributed by atoms with E-state index in [1.54, 1.807) is 7.11 Å². The maximum atomic E-state index is 13.0. The molecule has 0 N–H and O–H groups in total. The van der Waals surface area contributed by atoms with Crippen molar-refractivity contribution in [2.24, 2.45) is 5.92 Å². The van der Waals surface area contributed by atoms with Crippen LogP contribution in [0.2, 0.25) is 0 Å². The second-order valence-corrected chi connectivity index (χ2v) is 22.2. The monoisotopic (exact) mass is 944 g/mol. The Balaban J connectivity index is 1.28. The molecule has 0 aromatic heterocycles. The molecule has 1 spiro atoms.